The van der Waals surface area contributed by atoms with Gasteiger partial charge in [-0.1, -0.05) is 6.07 Å². The second-order valence-corrected chi connectivity index (χ2v) is 7.80. The van der Waals surface area contributed by atoms with Gasteiger partial charge in [0.1, 0.15) is 0 Å². The summed E-state index contributed by atoms with van der Waals surface area (Å²) in [4.78, 5) is 11.5. The van der Waals surface area contributed by atoms with Gasteiger partial charge in [0.15, 0.2) is 0 Å². The van der Waals surface area contributed by atoms with Gasteiger partial charge in [-0.05, 0) is 32.0 Å². The fraction of sp³-hybridized carbons (Fsp3) is 0.421. The number of nitrogens with zero attached hydrogens (tertiary/aromatic N) is 5. The molecule has 0 aromatic carbocycles. The summed E-state index contributed by atoms with van der Waals surface area (Å²) in [5.41, 5.74) is 4.36. The van der Waals surface area contributed by atoms with Gasteiger partial charge in [-0.15, -0.1) is 11.3 Å². The zero-order chi connectivity index (χ0) is 17.9. The average molecular weight is 369 g/mol. The van der Waals surface area contributed by atoms with Crippen molar-refractivity contribution in [3.05, 3.63) is 63.6 Å². The Hall–Kier alpha value is -2.09. The molecule has 0 N–H and O–H groups in total. The molecular formula is C19H23N5OS. The Morgan fingerprint density at radius 1 is 1.19 bits per heavy atom. The fourth-order valence-corrected chi connectivity index (χ4v) is 4.00. The van der Waals surface area contributed by atoms with E-state index < -0.39 is 0 Å². The largest absolute Gasteiger partial charge is 0.373 e. The smallest absolute Gasteiger partial charge is 0.0897 e. The molecule has 1 atom stereocenters. The molecule has 0 saturated carbocycles. The van der Waals surface area contributed by atoms with Crippen molar-refractivity contribution in [2.45, 2.75) is 39.6 Å². The van der Waals surface area contributed by atoms with Crippen molar-refractivity contribution in [2.75, 3.05) is 13.2 Å². The molecule has 6 nitrogen and oxygen atoms in total. The molecule has 0 amide bonds. The van der Waals surface area contributed by atoms with Crippen LogP contribution in [0.25, 0.3) is 0 Å². The molecule has 136 valence electrons. The summed E-state index contributed by atoms with van der Waals surface area (Å²) >= 11 is 1.71. The highest BCUT2D eigenvalue weighted by atomic mass is 32.1. The van der Waals surface area contributed by atoms with Crippen LogP contribution in [0.15, 0.2) is 35.8 Å². The van der Waals surface area contributed by atoms with Crippen molar-refractivity contribution in [3.8, 4) is 0 Å². The molecule has 1 aliphatic heterocycles. The highest BCUT2D eigenvalue weighted by molar-refractivity contribution is 7.09. The van der Waals surface area contributed by atoms with Crippen LogP contribution in [-0.2, 0) is 24.4 Å². The summed E-state index contributed by atoms with van der Waals surface area (Å²) in [6, 6.07) is 8.32. The summed E-state index contributed by atoms with van der Waals surface area (Å²) in [6.07, 6.45) is 1.88. The summed E-state index contributed by atoms with van der Waals surface area (Å²) < 4.78 is 8.08. The van der Waals surface area contributed by atoms with Crippen molar-refractivity contribution in [1.29, 1.82) is 0 Å². The third-order valence-electron chi connectivity index (χ3n) is 4.51. The van der Waals surface area contributed by atoms with E-state index in [2.05, 4.69) is 43.0 Å². The standard InChI is InChI=1S/C19H23N5OS/c1-14-4-3-5-16(21-14)11-25-12-19-10-23(8-17-13-26-15(2)22-17)9-18-6-7-20-24(18)19/h3-7,13,19H,8-12H2,1-2H3/t19-/m0/s1. The molecule has 0 bridgehead atoms. The van der Waals surface area contributed by atoms with Crippen molar-refractivity contribution >= 4 is 11.3 Å². The van der Waals surface area contributed by atoms with E-state index in [0.29, 0.717) is 13.2 Å². The molecule has 4 heterocycles. The van der Waals surface area contributed by atoms with Gasteiger partial charge in [0.25, 0.3) is 0 Å². The van der Waals surface area contributed by atoms with E-state index in [1.807, 2.05) is 31.3 Å². The van der Waals surface area contributed by atoms with E-state index >= 15 is 0 Å². The van der Waals surface area contributed by atoms with Gasteiger partial charge in [0, 0.05) is 36.9 Å². The van der Waals surface area contributed by atoms with Crippen molar-refractivity contribution in [3.63, 3.8) is 0 Å². The summed E-state index contributed by atoms with van der Waals surface area (Å²) in [5.74, 6) is 0. The number of rotatable bonds is 6. The van der Waals surface area contributed by atoms with Gasteiger partial charge in [0.05, 0.1) is 41.3 Å². The van der Waals surface area contributed by atoms with Crippen LogP contribution in [0.4, 0.5) is 0 Å². The summed E-state index contributed by atoms with van der Waals surface area (Å²) in [5, 5.41) is 7.77. The average Bonchev–Trinajstić information content (AvgIpc) is 3.24. The third kappa shape index (κ3) is 4.00. The third-order valence-corrected chi connectivity index (χ3v) is 5.33. The number of aromatic nitrogens is 4. The zero-order valence-electron chi connectivity index (χ0n) is 15.1. The minimum Gasteiger partial charge on any atom is -0.373 e. The summed E-state index contributed by atoms with van der Waals surface area (Å²) in [6.45, 7) is 7.87. The lowest BCUT2D eigenvalue weighted by Crippen LogP contribution is -2.39. The predicted octanol–water partition coefficient (Wildman–Crippen LogP) is 3.13. The maximum atomic E-state index is 5.98. The van der Waals surface area contributed by atoms with E-state index in [1.54, 1.807) is 11.3 Å². The number of hydrogen-bond acceptors (Lipinski definition) is 6. The zero-order valence-corrected chi connectivity index (χ0v) is 15.9. The van der Waals surface area contributed by atoms with Crippen molar-refractivity contribution in [1.82, 2.24) is 24.6 Å². The monoisotopic (exact) mass is 369 g/mol. The first-order valence-corrected chi connectivity index (χ1v) is 9.71. The molecule has 0 unspecified atom stereocenters. The minimum atomic E-state index is 0.207. The molecule has 4 rings (SSSR count). The SMILES string of the molecule is Cc1cccc(COC[C@@H]2CN(Cc3csc(C)n3)Cc3ccnn32)n1. The molecule has 0 fully saturated rings. The van der Waals surface area contributed by atoms with Crippen LogP contribution < -0.4 is 0 Å². The second-order valence-electron chi connectivity index (χ2n) is 6.73. The molecule has 0 spiro atoms. The molecule has 3 aromatic heterocycles. The van der Waals surface area contributed by atoms with E-state index in [4.69, 9.17) is 4.74 Å². The van der Waals surface area contributed by atoms with Crippen LogP contribution in [0.1, 0.15) is 33.8 Å². The predicted molar refractivity (Wildman–Crippen MR) is 101 cm³/mol. The van der Waals surface area contributed by atoms with Gasteiger partial charge in [-0.2, -0.15) is 5.10 Å². The normalized spacial score (nSPS) is 17.4. The quantitative estimate of drug-likeness (QED) is 0.668. The molecule has 3 aromatic rings. The molecule has 26 heavy (non-hydrogen) atoms. The molecular weight excluding hydrogens is 346 g/mol. The van der Waals surface area contributed by atoms with Gasteiger partial charge < -0.3 is 4.74 Å². The van der Waals surface area contributed by atoms with Crippen molar-refractivity contribution < 1.29 is 4.74 Å². The van der Waals surface area contributed by atoms with Crippen LogP contribution in [0.2, 0.25) is 0 Å². The molecule has 0 saturated heterocycles. The molecule has 0 radical (unpaired) electrons. The van der Waals surface area contributed by atoms with Crippen LogP contribution >= 0.6 is 11.3 Å². The van der Waals surface area contributed by atoms with Gasteiger partial charge in [0.2, 0.25) is 0 Å². The van der Waals surface area contributed by atoms with E-state index in [9.17, 15) is 0 Å². The van der Waals surface area contributed by atoms with E-state index in [1.165, 1.54) is 5.69 Å². The first kappa shape index (κ1) is 17.3. The maximum Gasteiger partial charge on any atom is 0.0897 e. The summed E-state index contributed by atoms with van der Waals surface area (Å²) in [7, 11) is 0. The lowest BCUT2D eigenvalue weighted by Gasteiger charge is -2.33. The lowest BCUT2D eigenvalue weighted by molar-refractivity contribution is 0.0516. The van der Waals surface area contributed by atoms with Gasteiger partial charge in [-0.3, -0.25) is 14.6 Å². The van der Waals surface area contributed by atoms with E-state index in [0.717, 1.165) is 41.7 Å². The second kappa shape index (κ2) is 7.65. The Morgan fingerprint density at radius 3 is 2.92 bits per heavy atom. The topological polar surface area (TPSA) is 56.1 Å². The Kier molecular flexibility index (Phi) is 5.10. The highest BCUT2D eigenvalue weighted by Gasteiger charge is 2.26. The van der Waals surface area contributed by atoms with Crippen LogP contribution in [0.3, 0.4) is 0 Å². The Labute approximate surface area is 157 Å². The van der Waals surface area contributed by atoms with Gasteiger partial charge in [-0.25, -0.2) is 4.98 Å². The number of aryl methyl sites for hydroxylation is 2. The molecule has 1 aliphatic rings. The number of hydrogen-bond donors (Lipinski definition) is 0. The number of pyridine rings is 1. The fourth-order valence-electron chi connectivity index (χ4n) is 3.40. The number of thiazole rings is 1. The lowest BCUT2D eigenvalue weighted by atomic mass is 10.2. The van der Waals surface area contributed by atoms with Crippen molar-refractivity contribution in [2.24, 2.45) is 0 Å². The molecule has 7 heteroatoms. The Morgan fingerprint density at radius 2 is 2.12 bits per heavy atom. The molecule has 0 aliphatic carbocycles. The first-order valence-electron chi connectivity index (χ1n) is 8.83. The Balaban J connectivity index is 1.39. The van der Waals surface area contributed by atoms with Crippen LogP contribution in [0.5, 0.6) is 0 Å². The minimum absolute atomic E-state index is 0.207. The highest BCUT2D eigenvalue weighted by Crippen LogP contribution is 2.23. The van der Waals surface area contributed by atoms with Crippen LogP contribution in [0, 0.1) is 13.8 Å². The van der Waals surface area contributed by atoms with E-state index in [-0.39, 0.29) is 6.04 Å². The number of fused-ring (bicyclic) bond motifs is 1. The first-order chi connectivity index (χ1) is 12.7. The van der Waals surface area contributed by atoms with Crippen LogP contribution in [-0.4, -0.2) is 37.8 Å². The Bertz CT molecular complexity index is 874. The van der Waals surface area contributed by atoms with Gasteiger partial charge >= 0.3 is 0 Å². The number of ether oxygens (including phenoxy) is 1. The maximum absolute atomic E-state index is 5.98.